The lowest BCUT2D eigenvalue weighted by Gasteiger charge is -2.20. The minimum Gasteiger partial charge on any atom is -0.392 e. The number of benzene rings is 6. The summed E-state index contributed by atoms with van der Waals surface area (Å²) in [5, 5.41) is 14.6. The van der Waals surface area contributed by atoms with Gasteiger partial charge in [-0.3, -0.25) is 0 Å². The fourth-order valence-corrected chi connectivity index (χ4v) is 6.59. The van der Waals surface area contributed by atoms with Crippen LogP contribution in [0.15, 0.2) is 140 Å². The molecule has 206 valence electrons. The largest absolute Gasteiger partial charge is 0.392 e. The SMILES string of the molecule is OCc1cccc(-c2ccc(-c3c4ccccc4c(C4=CCC(c5nc6ccccc6[nH]5)C=C4)c4ccccc34)cc2)c1. The third-order valence-electron chi connectivity index (χ3n) is 8.70. The zero-order valence-electron chi connectivity index (χ0n) is 23.7. The van der Waals surface area contributed by atoms with Crippen LogP contribution in [0.5, 0.6) is 0 Å². The third-order valence-corrected chi connectivity index (χ3v) is 8.70. The molecule has 3 nitrogen and oxygen atoms in total. The number of aromatic amines is 1. The van der Waals surface area contributed by atoms with Gasteiger partial charge in [0.05, 0.1) is 17.6 Å². The summed E-state index contributed by atoms with van der Waals surface area (Å²) in [6, 6.07) is 42.8. The average Bonchev–Trinajstić information content (AvgIpc) is 3.52. The van der Waals surface area contributed by atoms with Crippen molar-refractivity contribution in [1.82, 2.24) is 9.97 Å². The Balaban J connectivity index is 1.22. The van der Waals surface area contributed by atoms with Crippen LogP contribution in [0.1, 0.15) is 29.3 Å². The number of aliphatic hydroxyl groups is 1. The first-order valence-electron chi connectivity index (χ1n) is 14.8. The van der Waals surface area contributed by atoms with E-state index in [2.05, 4.69) is 120 Å². The van der Waals surface area contributed by atoms with Crippen LogP contribution in [0.2, 0.25) is 0 Å². The van der Waals surface area contributed by atoms with Crippen molar-refractivity contribution < 1.29 is 5.11 Å². The second-order valence-corrected chi connectivity index (χ2v) is 11.3. The minimum atomic E-state index is 0.0441. The molecule has 3 heteroatoms. The summed E-state index contributed by atoms with van der Waals surface area (Å²) in [5.74, 6) is 1.24. The van der Waals surface area contributed by atoms with Crippen LogP contribution in [0.4, 0.5) is 0 Å². The Morgan fingerprint density at radius 1 is 0.651 bits per heavy atom. The van der Waals surface area contributed by atoms with Gasteiger partial charge in [-0.15, -0.1) is 0 Å². The van der Waals surface area contributed by atoms with Gasteiger partial charge in [0.15, 0.2) is 0 Å². The number of imidazole rings is 1. The summed E-state index contributed by atoms with van der Waals surface area (Å²) in [6.45, 7) is 0.0441. The van der Waals surface area contributed by atoms with Crippen LogP contribution in [0, 0.1) is 0 Å². The molecule has 0 saturated carbocycles. The molecule has 1 unspecified atom stereocenters. The van der Waals surface area contributed by atoms with Crippen molar-refractivity contribution in [3.8, 4) is 22.3 Å². The Morgan fingerprint density at radius 2 is 1.30 bits per heavy atom. The van der Waals surface area contributed by atoms with Gasteiger partial charge in [-0.2, -0.15) is 0 Å². The third kappa shape index (κ3) is 4.46. The van der Waals surface area contributed by atoms with E-state index in [1.54, 1.807) is 0 Å². The summed E-state index contributed by atoms with van der Waals surface area (Å²) < 4.78 is 0. The highest BCUT2D eigenvalue weighted by Gasteiger charge is 2.20. The quantitative estimate of drug-likeness (QED) is 0.208. The van der Waals surface area contributed by atoms with Gasteiger partial charge in [-0.05, 0) is 85.1 Å². The summed E-state index contributed by atoms with van der Waals surface area (Å²) >= 11 is 0. The van der Waals surface area contributed by atoms with Crippen LogP contribution in [0.25, 0.3) is 60.4 Å². The van der Waals surface area contributed by atoms with Gasteiger partial charge in [0.1, 0.15) is 5.82 Å². The number of H-pyrrole nitrogens is 1. The molecule has 0 bridgehead atoms. The molecule has 8 rings (SSSR count). The Bertz CT molecular complexity index is 2110. The van der Waals surface area contributed by atoms with E-state index in [9.17, 15) is 5.11 Å². The predicted octanol–water partition coefficient (Wildman–Crippen LogP) is 9.82. The number of fused-ring (bicyclic) bond motifs is 3. The van der Waals surface area contributed by atoms with Crippen molar-refractivity contribution in [2.24, 2.45) is 0 Å². The zero-order valence-corrected chi connectivity index (χ0v) is 23.7. The fraction of sp³-hybridized carbons (Fsp3) is 0.0750. The lowest BCUT2D eigenvalue weighted by molar-refractivity contribution is 0.282. The highest BCUT2D eigenvalue weighted by molar-refractivity contribution is 6.19. The lowest BCUT2D eigenvalue weighted by Crippen LogP contribution is -2.01. The maximum absolute atomic E-state index is 9.60. The van der Waals surface area contributed by atoms with Crippen molar-refractivity contribution in [2.45, 2.75) is 18.9 Å². The summed E-state index contributed by atoms with van der Waals surface area (Å²) in [7, 11) is 0. The summed E-state index contributed by atoms with van der Waals surface area (Å²) in [5.41, 5.74) is 10.3. The molecule has 1 atom stereocenters. The number of nitrogens with zero attached hydrogens (tertiary/aromatic N) is 1. The maximum atomic E-state index is 9.60. The number of aromatic nitrogens is 2. The van der Waals surface area contributed by atoms with Crippen LogP contribution in [-0.2, 0) is 6.61 Å². The number of allylic oxidation sites excluding steroid dienone is 4. The minimum absolute atomic E-state index is 0.0441. The van der Waals surface area contributed by atoms with Gasteiger partial charge in [0.25, 0.3) is 0 Å². The molecule has 1 aliphatic rings. The first-order valence-corrected chi connectivity index (χ1v) is 14.8. The summed E-state index contributed by atoms with van der Waals surface area (Å²) in [6.07, 6.45) is 7.86. The molecule has 1 aromatic heterocycles. The summed E-state index contributed by atoms with van der Waals surface area (Å²) in [4.78, 5) is 8.39. The van der Waals surface area contributed by atoms with E-state index in [-0.39, 0.29) is 12.5 Å². The van der Waals surface area contributed by atoms with Gasteiger partial charge in [-0.1, -0.05) is 121 Å². The van der Waals surface area contributed by atoms with Gasteiger partial charge in [0.2, 0.25) is 0 Å². The van der Waals surface area contributed by atoms with E-state index in [4.69, 9.17) is 4.98 Å². The smallest absolute Gasteiger partial charge is 0.114 e. The van der Waals surface area contributed by atoms with Gasteiger partial charge >= 0.3 is 0 Å². The molecule has 1 aliphatic carbocycles. The van der Waals surface area contributed by atoms with Crippen molar-refractivity contribution in [2.75, 3.05) is 0 Å². The second kappa shape index (κ2) is 10.5. The molecule has 0 aliphatic heterocycles. The van der Waals surface area contributed by atoms with E-state index >= 15 is 0 Å². The van der Waals surface area contributed by atoms with E-state index in [0.717, 1.165) is 40.0 Å². The topological polar surface area (TPSA) is 48.9 Å². The Labute approximate surface area is 250 Å². The molecule has 0 saturated heterocycles. The highest BCUT2D eigenvalue weighted by atomic mass is 16.3. The Kier molecular flexibility index (Phi) is 6.24. The average molecular weight is 555 g/mol. The molecule has 0 spiro atoms. The monoisotopic (exact) mass is 554 g/mol. The van der Waals surface area contributed by atoms with Crippen molar-refractivity contribution in [3.63, 3.8) is 0 Å². The standard InChI is InChI=1S/C40H30N2O/c43-25-26-8-7-9-31(24-26)27-16-18-28(19-17-27)38-32-10-1-3-12-34(32)39(35-13-4-2-11-33(35)38)29-20-22-30(23-21-29)40-41-36-14-5-6-15-37(36)42-40/h1-22,24,30,43H,23,25H2,(H,41,42). The Hall–Kier alpha value is -5.25. The molecule has 0 fully saturated rings. The van der Waals surface area contributed by atoms with Crippen LogP contribution < -0.4 is 0 Å². The fourth-order valence-electron chi connectivity index (χ4n) is 6.59. The lowest BCUT2D eigenvalue weighted by atomic mass is 9.83. The first kappa shape index (κ1) is 25.5. The molecular formula is C40H30N2O. The molecule has 43 heavy (non-hydrogen) atoms. The molecular weight excluding hydrogens is 524 g/mol. The zero-order chi connectivity index (χ0) is 28.8. The van der Waals surface area contributed by atoms with Crippen LogP contribution in [0.3, 0.4) is 0 Å². The number of hydrogen-bond donors (Lipinski definition) is 2. The molecule has 6 aromatic carbocycles. The van der Waals surface area contributed by atoms with Crippen molar-refractivity contribution in [3.05, 3.63) is 157 Å². The van der Waals surface area contributed by atoms with Crippen molar-refractivity contribution in [1.29, 1.82) is 0 Å². The number of aliphatic hydroxyl groups excluding tert-OH is 1. The predicted molar refractivity (Wildman–Crippen MR) is 179 cm³/mol. The first-order chi connectivity index (χ1) is 21.3. The number of hydrogen-bond acceptors (Lipinski definition) is 2. The number of nitrogens with one attached hydrogen (secondary N) is 1. The molecule has 0 amide bonds. The second-order valence-electron chi connectivity index (χ2n) is 11.3. The van der Waals surface area contributed by atoms with Crippen molar-refractivity contribution >= 4 is 38.2 Å². The molecule has 0 radical (unpaired) electrons. The number of para-hydroxylation sites is 2. The highest BCUT2D eigenvalue weighted by Crippen LogP contribution is 2.43. The van der Waals surface area contributed by atoms with Gasteiger partial charge in [-0.25, -0.2) is 4.98 Å². The van der Waals surface area contributed by atoms with E-state index in [1.165, 1.54) is 43.8 Å². The normalized spacial score (nSPS) is 14.9. The maximum Gasteiger partial charge on any atom is 0.114 e. The van der Waals surface area contributed by atoms with Gasteiger partial charge in [0, 0.05) is 5.92 Å². The molecule has 2 N–H and O–H groups in total. The molecule has 7 aromatic rings. The van der Waals surface area contributed by atoms with E-state index < -0.39 is 0 Å². The number of rotatable bonds is 5. The van der Waals surface area contributed by atoms with Gasteiger partial charge < -0.3 is 10.1 Å². The Morgan fingerprint density at radius 3 is 1.95 bits per heavy atom. The van der Waals surface area contributed by atoms with E-state index in [1.807, 2.05) is 24.3 Å². The van der Waals surface area contributed by atoms with Crippen LogP contribution >= 0.6 is 0 Å². The van der Waals surface area contributed by atoms with Crippen LogP contribution in [-0.4, -0.2) is 15.1 Å². The van der Waals surface area contributed by atoms with E-state index in [0.29, 0.717) is 0 Å². The molecule has 1 heterocycles.